The molecule has 0 aliphatic carbocycles. The molecule has 1 unspecified atom stereocenters. The molecule has 2 N–H and O–H groups in total. The fraction of sp³-hybridized carbons (Fsp3) is 0.0909. The second-order valence-corrected chi connectivity index (χ2v) is 5.92. The van der Waals surface area contributed by atoms with E-state index in [4.69, 9.17) is 17.3 Å². The van der Waals surface area contributed by atoms with Crippen molar-refractivity contribution >= 4 is 39.4 Å². The molecular weight excluding hydrogens is 262 g/mol. The number of thiophene rings is 1. The maximum Gasteiger partial charge on any atom is 0.0589 e. The molecule has 2 rings (SSSR count). The highest BCUT2D eigenvalue weighted by Gasteiger charge is 2.09. The van der Waals surface area contributed by atoms with Gasteiger partial charge in [0.25, 0.3) is 0 Å². The van der Waals surface area contributed by atoms with Gasteiger partial charge in [0.1, 0.15) is 0 Å². The van der Waals surface area contributed by atoms with Crippen molar-refractivity contribution in [3.8, 4) is 0 Å². The Balaban J connectivity index is 2.21. The molecule has 0 aliphatic rings. The first-order valence-electron chi connectivity index (χ1n) is 4.61. The molecule has 0 saturated heterocycles. The van der Waals surface area contributed by atoms with Crippen molar-refractivity contribution in [3.63, 3.8) is 0 Å². The summed E-state index contributed by atoms with van der Waals surface area (Å²) >= 11 is 7.59. The number of benzene rings is 1. The van der Waals surface area contributed by atoms with Gasteiger partial charge in [0, 0.05) is 5.69 Å². The first kappa shape index (κ1) is 11.6. The molecule has 2 nitrogen and oxygen atoms in total. The number of nitrogens with two attached hydrogens (primary N) is 1. The largest absolute Gasteiger partial charge is 0.399 e. The summed E-state index contributed by atoms with van der Waals surface area (Å²) in [5, 5.41) is 4.42. The van der Waals surface area contributed by atoms with E-state index in [9.17, 15) is 4.21 Å². The smallest absolute Gasteiger partial charge is 0.0589 e. The monoisotopic (exact) mass is 271 g/mol. The molecule has 0 aliphatic heterocycles. The summed E-state index contributed by atoms with van der Waals surface area (Å²) < 4.78 is 12.0. The van der Waals surface area contributed by atoms with Gasteiger partial charge in [-0.25, -0.2) is 0 Å². The first-order chi connectivity index (χ1) is 7.66. The van der Waals surface area contributed by atoms with E-state index in [1.54, 1.807) is 29.5 Å². The fourth-order valence-corrected chi connectivity index (χ4v) is 3.66. The van der Waals surface area contributed by atoms with Crippen LogP contribution in [-0.4, -0.2) is 4.21 Å². The maximum absolute atomic E-state index is 12.0. The minimum atomic E-state index is -1.11. The predicted octanol–water partition coefficient (Wildman–Crippen LogP) is 3.29. The van der Waals surface area contributed by atoms with E-state index in [-0.39, 0.29) is 0 Å². The lowest BCUT2D eigenvalue weighted by Gasteiger charge is -2.04. The fourth-order valence-electron chi connectivity index (χ4n) is 1.31. The molecule has 2 aromatic rings. The summed E-state index contributed by atoms with van der Waals surface area (Å²) in [6, 6.07) is 7.03. The van der Waals surface area contributed by atoms with Gasteiger partial charge in [0.2, 0.25) is 0 Å². The number of halogens is 1. The van der Waals surface area contributed by atoms with Gasteiger partial charge in [-0.15, -0.1) is 0 Å². The predicted molar refractivity (Wildman–Crippen MR) is 70.3 cm³/mol. The Morgan fingerprint density at radius 1 is 1.38 bits per heavy atom. The van der Waals surface area contributed by atoms with Crippen LogP contribution >= 0.6 is 22.9 Å². The average molecular weight is 272 g/mol. The first-order valence-corrected chi connectivity index (χ1v) is 7.25. The molecule has 0 spiro atoms. The van der Waals surface area contributed by atoms with Gasteiger partial charge in [-0.3, -0.25) is 4.21 Å². The van der Waals surface area contributed by atoms with Crippen molar-refractivity contribution in [3.05, 3.63) is 45.6 Å². The van der Waals surface area contributed by atoms with Crippen molar-refractivity contribution in [2.45, 2.75) is 10.6 Å². The molecule has 0 bridgehead atoms. The van der Waals surface area contributed by atoms with Crippen molar-refractivity contribution < 1.29 is 4.21 Å². The van der Waals surface area contributed by atoms with E-state index in [2.05, 4.69) is 0 Å². The van der Waals surface area contributed by atoms with Crippen LogP contribution in [0, 0.1) is 0 Å². The van der Waals surface area contributed by atoms with Crippen LogP contribution in [0.5, 0.6) is 0 Å². The van der Waals surface area contributed by atoms with Gasteiger partial charge < -0.3 is 5.73 Å². The Morgan fingerprint density at radius 2 is 2.19 bits per heavy atom. The van der Waals surface area contributed by atoms with Crippen LogP contribution in [0.2, 0.25) is 5.02 Å². The van der Waals surface area contributed by atoms with Crippen molar-refractivity contribution in [2.24, 2.45) is 0 Å². The molecule has 0 radical (unpaired) electrons. The minimum absolute atomic E-state index is 0.466. The molecule has 0 amide bonds. The van der Waals surface area contributed by atoms with Crippen LogP contribution in [0.25, 0.3) is 0 Å². The van der Waals surface area contributed by atoms with E-state index in [0.29, 0.717) is 21.4 Å². The molecule has 1 heterocycles. The number of hydrogen-bond acceptors (Lipinski definition) is 3. The highest BCUT2D eigenvalue weighted by Crippen LogP contribution is 2.24. The van der Waals surface area contributed by atoms with Gasteiger partial charge in [0.15, 0.2) is 0 Å². The summed E-state index contributed by atoms with van der Waals surface area (Å²) in [6.07, 6.45) is 0. The van der Waals surface area contributed by atoms with Crippen LogP contribution in [0.15, 0.2) is 39.9 Å². The number of nitrogen functional groups attached to an aromatic ring is 1. The SMILES string of the molecule is Nc1ccc(S(=O)Cc2ccsc2)c(Cl)c1. The van der Waals surface area contributed by atoms with Crippen molar-refractivity contribution in [1.82, 2.24) is 0 Å². The molecule has 1 atom stereocenters. The second kappa shape index (κ2) is 4.99. The Kier molecular flexibility index (Phi) is 3.63. The van der Waals surface area contributed by atoms with Crippen LogP contribution < -0.4 is 5.73 Å². The van der Waals surface area contributed by atoms with E-state index in [1.165, 1.54) is 0 Å². The van der Waals surface area contributed by atoms with E-state index >= 15 is 0 Å². The molecular formula is C11H10ClNOS2. The highest BCUT2D eigenvalue weighted by molar-refractivity contribution is 7.84. The molecule has 1 aromatic carbocycles. The quantitative estimate of drug-likeness (QED) is 0.871. The molecule has 0 saturated carbocycles. The highest BCUT2D eigenvalue weighted by atomic mass is 35.5. The van der Waals surface area contributed by atoms with E-state index in [1.807, 2.05) is 16.8 Å². The number of hydrogen-bond donors (Lipinski definition) is 1. The Morgan fingerprint density at radius 3 is 2.81 bits per heavy atom. The molecule has 0 fully saturated rings. The third-order valence-corrected chi connectivity index (χ3v) is 4.68. The molecule has 16 heavy (non-hydrogen) atoms. The van der Waals surface area contributed by atoms with E-state index in [0.717, 1.165) is 5.56 Å². The van der Waals surface area contributed by atoms with Crippen LogP contribution in [0.1, 0.15) is 5.56 Å². The normalized spacial score (nSPS) is 12.6. The third kappa shape index (κ3) is 2.64. The van der Waals surface area contributed by atoms with Gasteiger partial charge in [-0.05, 0) is 40.6 Å². The molecule has 1 aromatic heterocycles. The Labute approximate surface area is 106 Å². The lowest BCUT2D eigenvalue weighted by molar-refractivity contribution is 0.683. The zero-order valence-corrected chi connectivity index (χ0v) is 10.7. The summed E-state index contributed by atoms with van der Waals surface area (Å²) in [6.45, 7) is 0. The van der Waals surface area contributed by atoms with Gasteiger partial charge in [-0.1, -0.05) is 11.6 Å². The van der Waals surface area contributed by atoms with Gasteiger partial charge in [-0.2, -0.15) is 11.3 Å². The third-order valence-electron chi connectivity index (χ3n) is 2.08. The summed E-state index contributed by atoms with van der Waals surface area (Å²) in [5.74, 6) is 0.493. The van der Waals surface area contributed by atoms with Crippen molar-refractivity contribution in [2.75, 3.05) is 5.73 Å². The Bertz CT molecular complexity index is 511. The molecule has 5 heteroatoms. The summed E-state index contributed by atoms with van der Waals surface area (Å²) in [5.41, 5.74) is 7.23. The van der Waals surface area contributed by atoms with Crippen LogP contribution in [-0.2, 0) is 16.6 Å². The zero-order valence-electron chi connectivity index (χ0n) is 8.35. The number of rotatable bonds is 3. The van der Waals surface area contributed by atoms with Crippen LogP contribution in [0.3, 0.4) is 0 Å². The van der Waals surface area contributed by atoms with Gasteiger partial charge in [0.05, 0.1) is 26.5 Å². The van der Waals surface area contributed by atoms with E-state index < -0.39 is 10.8 Å². The molecule has 84 valence electrons. The van der Waals surface area contributed by atoms with Crippen LogP contribution in [0.4, 0.5) is 5.69 Å². The maximum atomic E-state index is 12.0. The standard InChI is InChI=1S/C11H10ClNOS2/c12-10-5-9(13)1-2-11(10)16(14)7-8-3-4-15-6-8/h1-6H,7,13H2. The topological polar surface area (TPSA) is 43.1 Å². The average Bonchev–Trinajstić information content (AvgIpc) is 2.70. The second-order valence-electron chi connectivity index (χ2n) is 3.31. The zero-order chi connectivity index (χ0) is 11.5. The number of anilines is 1. The lowest BCUT2D eigenvalue weighted by atomic mass is 10.3. The van der Waals surface area contributed by atoms with Crippen molar-refractivity contribution in [1.29, 1.82) is 0 Å². The van der Waals surface area contributed by atoms with Gasteiger partial charge >= 0.3 is 0 Å². The Hall–Kier alpha value is -0.840. The summed E-state index contributed by atoms with van der Waals surface area (Å²) in [7, 11) is -1.11. The lowest BCUT2D eigenvalue weighted by Crippen LogP contribution is -1.97. The summed E-state index contributed by atoms with van der Waals surface area (Å²) in [4.78, 5) is 0.641. The minimum Gasteiger partial charge on any atom is -0.399 e.